The van der Waals surface area contributed by atoms with Gasteiger partial charge in [-0.05, 0) is 49.9 Å². The molecule has 2 aliphatic heterocycles. The van der Waals surface area contributed by atoms with Crippen LogP contribution in [0.2, 0.25) is 0 Å². The van der Waals surface area contributed by atoms with Gasteiger partial charge in [0.1, 0.15) is 11.5 Å². The molecule has 2 N–H and O–H groups in total. The Labute approximate surface area is 153 Å². The van der Waals surface area contributed by atoms with Crippen molar-refractivity contribution in [1.29, 1.82) is 0 Å². The second kappa shape index (κ2) is 7.41. The topological polar surface area (TPSA) is 66.7 Å². The first-order chi connectivity index (χ1) is 12.7. The highest BCUT2D eigenvalue weighted by atomic mass is 16.5. The second-order valence-corrected chi connectivity index (χ2v) is 7.14. The molecule has 6 nitrogen and oxygen atoms in total. The van der Waals surface area contributed by atoms with Gasteiger partial charge < -0.3 is 19.8 Å². The molecule has 2 atom stereocenters. The summed E-state index contributed by atoms with van der Waals surface area (Å²) >= 11 is 0. The molecule has 0 spiro atoms. The van der Waals surface area contributed by atoms with E-state index in [-0.39, 0.29) is 12.1 Å². The third kappa shape index (κ3) is 3.70. The fourth-order valence-corrected chi connectivity index (χ4v) is 4.29. The van der Waals surface area contributed by atoms with Gasteiger partial charge in [0.05, 0.1) is 19.9 Å². The zero-order valence-electron chi connectivity index (χ0n) is 15.0. The summed E-state index contributed by atoms with van der Waals surface area (Å²) in [5.74, 6) is 1.75. The molecule has 3 heterocycles. The average Bonchev–Trinajstić information content (AvgIpc) is 3.22. The number of rotatable bonds is 5. The first kappa shape index (κ1) is 17.0. The van der Waals surface area contributed by atoms with Gasteiger partial charge in [0.15, 0.2) is 0 Å². The molecule has 4 rings (SSSR count). The summed E-state index contributed by atoms with van der Waals surface area (Å²) in [6.07, 6.45) is 6.10. The summed E-state index contributed by atoms with van der Waals surface area (Å²) in [6, 6.07) is 12.5. The summed E-state index contributed by atoms with van der Waals surface area (Å²) < 4.78 is 10.7. The first-order valence-corrected chi connectivity index (χ1v) is 9.21. The van der Waals surface area contributed by atoms with Gasteiger partial charge in [-0.1, -0.05) is 6.07 Å². The van der Waals surface area contributed by atoms with Gasteiger partial charge in [-0.15, -0.1) is 0 Å². The Balaban J connectivity index is 1.32. The lowest BCUT2D eigenvalue weighted by atomic mass is 9.97. The van der Waals surface area contributed by atoms with Crippen molar-refractivity contribution in [3.05, 3.63) is 48.4 Å². The van der Waals surface area contributed by atoms with Gasteiger partial charge in [0.2, 0.25) is 0 Å². The maximum atomic E-state index is 12.4. The van der Waals surface area contributed by atoms with Crippen LogP contribution in [0.5, 0.6) is 5.75 Å². The van der Waals surface area contributed by atoms with Crippen LogP contribution in [0.1, 0.15) is 31.4 Å². The highest BCUT2D eigenvalue weighted by Crippen LogP contribution is 2.36. The highest BCUT2D eigenvalue weighted by molar-refractivity contribution is 5.89. The predicted molar refractivity (Wildman–Crippen MR) is 99.2 cm³/mol. The Morgan fingerprint density at radius 3 is 2.73 bits per heavy atom. The number of hydrogen-bond donors (Lipinski definition) is 2. The molecule has 0 aliphatic carbocycles. The number of nitrogens with one attached hydrogen (secondary N) is 2. The standard InChI is InChI=1S/C20H25N3O3/c1-25-18-5-2-4-14(12-18)21-20(24)22-15-10-16-7-8-17(11-15)23(16)13-19-6-3-9-26-19/h2-6,9,12,15-17H,7-8,10-11,13H2,1H3,(H2,21,22,24). The summed E-state index contributed by atoms with van der Waals surface area (Å²) in [7, 11) is 1.62. The molecule has 2 unspecified atom stereocenters. The molecule has 2 fully saturated rings. The van der Waals surface area contributed by atoms with Gasteiger partial charge in [0, 0.05) is 29.9 Å². The van der Waals surface area contributed by atoms with Gasteiger partial charge >= 0.3 is 6.03 Å². The van der Waals surface area contributed by atoms with Crippen LogP contribution in [0.25, 0.3) is 0 Å². The average molecular weight is 355 g/mol. The lowest BCUT2D eigenvalue weighted by Gasteiger charge is -2.38. The normalized spacial score (nSPS) is 25.0. The Bertz CT molecular complexity index is 733. The number of carbonyl (C=O) groups is 1. The van der Waals surface area contributed by atoms with Crippen molar-refractivity contribution < 1.29 is 13.9 Å². The molecule has 1 aromatic carbocycles. The monoisotopic (exact) mass is 355 g/mol. The molecule has 2 aromatic rings. The minimum atomic E-state index is -0.151. The van der Waals surface area contributed by atoms with E-state index in [9.17, 15) is 4.79 Å². The minimum Gasteiger partial charge on any atom is -0.497 e. The number of nitrogens with zero attached hydrogens (tertiary/aromatic N) is 1. The van der Waals surface area contributed by atoms with Crippen molar-refractivity contribution in [3.8, 4) is 5.75 Å². The van der Waals surface area contributed by atoms with Crippen LogP contribution in [0, 0.1) is 0 Å². The maximum absolute atomic E-state index is 12.4. The largest absolute Gasteiger partial charge is 0.497 e. The van der Waals surface area contributed by atoms with Crippen LogP contribution in [-0.2, 0) is 6.54 Å². The smallest absolute Gasteiger partial charge is 0.319 e. The van der Waals surface area contributed by atoms with E-state index in [1.165, 1.54) is 12.8 Å². The molecule has 2 amide bonds. The molecule has 138 valence electrons. The second-order valence-electron chi connectivity index (χ2n) is 7.14. The van der Waals surface area contributed by atoms with Crippen LogP contribution in [0.15, 0.2) is 47.1 Å². The van der Waals surface area contributed by atoms with Crippen molar-refractivity contribution >= 4 is 11.7 Å². The number of fused-ring (bicyclic) bond motifs is 2. The lowest BCUT2D eigenvalue weighted by molar-refractivity contribution is 0.104. The van der Waals surface area contributed by atoms with E-state index in [2.05, 4.69) is 15.5 Å². The van der Waals surface area contributed by atoms with E-state index in [0.29, 0.717) is 12.1 Å². The van der Waals surface area contributed by atoms with Gasteiger partial charge in [-0.3, -0.25) is 4.90 Å². The molecule has 2 bridgehead atoms. The minimum absolute atomic E-state index is 0.151. The number of carbonyl (C=O) groups excluding carboxylic acids is 1. The van der Waals surface area contributed by atoms with Crippen molar-refractivity contribution in [1.82, 2.24) is 10.2 Å². The molecule has 0 saturated carbocycles. The van der Waals surface area contributed by atoms with Gasteiger partial charge in [0.25, 0.3) is 0 Å². The molecular weight excluding hydrogens is 330 g/mol. The Hall–Kier alpha value is -2.47. The number of ether oxygens (including phenoxy) is 1. The highest BCUT2D eigenvalue weighted by Gasteiger charge is 2.41. The Morgan fingerprint density at radius 2 is 2.04 bits per heavy atom. The van der Waals surface area contributed by atoms with Crippen molar-refractivity contribution in [2.45, 2.75) is 50.4 Å². The number of benzene rings is 1. The lowest BCUT2D eigenvalue weighted by Crippen LogP contribution is -2.50. The maximum Gasteiger partial charge on any atom is 0.319 e. The molecular formula is C20H25N3O3. The summed E-state index contributed by atoms with van der Waals surface area (Å²) in [6.45, 7) is 0.866. The first-order valence-electron chi connectivity index (χ1n) is 9.21. The van der Waals surface area contributed by atoms with Crippen molar-refractivity contribution in [2.24, 2.45) is 0 Å². The summed E-state index contributed by atoms with van der Waals surface area (Å²) in [5.41, 5.74) is 0.736. The molecule has 2 aliphatic rings. The third-order valence-electron chi connectivity index (χ3n) is 5.47. The zero-order chi connectivity index (χ0) is 17.9. The van der Waals surface area contributed by atoms with Crippen LogP contribution in [0.4, 0.5) is 10.5 Å². The van der Waals surface area contributed by atoms with Crippen LogP contribution in [-0.4, -0.2) is 36.2 Å². The van der Waals surface area contributed by atoms with Crippen LogP contribution < -0.4 is 15.4 Å². The summed E-state index contributed by atoms with van der Waals surface area (Å²) in [5, 5.41) is 6.05. The predicted octanol–water partition coefficient (Wildman–Crippen LogP) is 3.61. The summed E-state index contributed by atoms with van der Waals surface area (Å²) in [4.78, 5) is 14.9. The molecule has 0 radical (unpaired) electrons. The van der Waals surface area contributed by atoms with E-state index in [1.807, 2.05) is 36.4 Å². The number of amides is 2. The molecule has 2 saturated heterocycles. The Morgan fingerprint density at radius 1 is 1.23 bits per heavy atom. The van der Waals surface area contributed by atoms with E-state index >= 15 is 0 Å². The molecule has 26 heavy (non-hydrogen) atoms. The molecule has 1 aromatic heterocycles. The SMILES string of the molecule is COc1cccc(NC(=O)NC2CC3CCC(C2)N3Cc2ccco2)c1. The van der Waals surface area contributed by atoms with Crippen LogP contribution in [0.3, 0.4) is 0 Å². The fraction of sp³-hybridized carbons (Fsp3) is 0.450. The van der Waals surface area contributed by atoms with Gasteiger partial charge in [-0.2, -0.15) is 0 Å². The zero-order valence-corrected chi connectivity index (χ0v) is 15.0. The van der Waals surface area contributed by atoms with Crippen LogP contribution >= 0.6 is 0 Å². The van der Waals surface area contributed by atoms with Gasteiger partial charge in [-0.25, -0.2) is 4.79 Å². The van der Waals surface area contributed by atoms with E-state index in [4.69, 9.17) is 9.15 Å². The number of hydrogen-bond acceptors (Lipinski definition) is 4. The third-order valence-corrected chi connectivity index (χ3v) is 5.47. The number of furan rings is 1. The van der Waals surface area contributed by atoms with E-state index in [1.54, 1.807) is 13.4 Å². The number of piperidine rings is 1. The Kier molecular flexibility index (Phi) is 4.84. The number of anilines is 1. The number of methoxy groups -OCH3 is 1. The van der Waals surface area contributed by atoms with E-state index in [0.717, 1.165) is 36.6 Å². The fourth-order valence-electron chi connectivity index (χ4n) is 4.29. The quantitative estimate of drug-likeness (QED) is 0.860. The van der Waals surface area contributed by atoms with Crippen molar-refractivity contribution in [2.75, 3.05) is 12.4 Å². The number of urea groups is 1. The van der Waals surface area contributed by atoms with Crippen molar-refractivity contribution in [3.63, 3.8) is 0 Å². The molecule has 6 heteroatoms. The van der Waals surface area contributed by atoms with E-state index < -0.39 is 0 Å².